The Labute approximate surface area is 144 Å². The van der Waals surface area contributed by atoms with E-state index in [0.29, 0.717) is 34.8 Å². The van der Waals surface area contributed by atoms with Crippen LogP contribution in [0.5, 0.6) is 5.75 Å². The Morgan fingerprint density at radius 3 is 2.83 bits per heavy atom. The van der Waals surface area contributed by atoms with Gasteiger partial charge in [0, 0.05) is 42.5 Å². The first-order valence-corrected chi connectivity index (χ1v) is 7.87. The molecule has 2 aromatic heterocycles. The molecule has 0 spiro atoms. The van der Waals surface area contributed by atoms with Gasteiger partial charge in [-0.25, -0.2) is 0 Å². The van der Waals surface area contributed by atoms with Crippen molar-refractivity contribution in [2.75, 3.05) is 13.7 Å². The van der Waals surface area contributed by atoms with E-state index in [0.717, 1.165) is 11.1 Å². The van der Waals surface area contributed by atoms with Crippen LogP contribution in [0.15, 0.2) is 48.8 Å². The summed E-state index contributed by atoms with van der Waals surface area (Å²) in [6, 6.07) is 10.8. The van der Waals surface area contributed by atoms with Gasteiger partial charge < -0.3 is 10.1 Å². The quantitative estimate of drug-likeness (QED) is 0.773. The Kier molecular flexibility index (Phi) is 4.91. The zero-order valence-corrected chi connectivity index (χ0v) is 13.9. The van der Waals surface area contributed by atoms with Gasteiger partial charge in [-0.2, -0.15) is 0 Å². The lowest BCUT2D eigenvalue weighted by atomic mass is 10.1. The Morgan fingerprint density at radius 1 is 1.21 bits per heavy atom. The molecule has 0 bridgehead atoms. The molecule has 0 atom stereocenters. The average molecular weight is 342 g/mol. The number of halogens is 1. The van der Waals surface area contributed by atoms with Gasteiger partial charge in [-0.3, -0.25) is 14.8 Å². The van der Waals surface area contributed by atoms with Gasteiger partial charge in [0.25, 0.3) is 5.91 Å². The van der Waals surface area contributed by atoms with Crippen LogP contribution in [0.3, 0.4) is 0 Å². The largest absolute Gasteiger partial charge is 0.496 e. The van der Waals surface area contributed by atoms with Crippen molar-refractivity contribution < 1.29 is 9.53 Å². The maximum Gasteiger partial charge on any atom is 0.255 e. The molecule has 0 saturated heterocycles. The van der Waals surface area contributed by atoms with Crippen LogP contribution in [0.2, 0.25) is 5.02 Å². The molecular formula is C18H16ClN3O2. The van der Waals surface area contributed by atoms with Crippen LogP contribution < -0.4 is 10.1 Å². The van der Waals surface area contributed by atoms with Gasteiger partial charge in [-0.05, 0) is 24.3 Å². The Morgan fingerprint density at radius 2 is 2.08 bits per heavy atom. The smallest absolute Gasteiger partial charge is 0.255 e. The van der Waals surface area contributed by atoms with E-state index >= 15 is 0 Å². The van der Waals surface area contributed by atoms with Crippen LogP contribution in [0.1, 0.15) is 16.1 Å². The van der Waals surface area contributed by atoms with Gasteiger partial charge in [-0.15, -0.1) is 0 Å². The lowest BCUT2D eigenvalue weighted by Gasteiger charge is -2.11. The van der Waals surface area contributed by atoms with Crippen molar-refractivity contribution in [3.05, 3.63) is 65.1 Å². The molecule has 0 aliphatic heterocycles. The lowest BCUT2D eigenvalue weighted by molar-refractivity contribution is 0.0951. The van der Waals surface area contributed by atoms with E-state index in [1.54, 1.807) is 30.6 Å². The van der Waals surface area contributed by atoms with Crippen molar-refractivity contribution in [1.29, 1.82) is 0 Å². The maximum absolute atomic E-state index is 12.5. The number of nitrogens with one attached hydrogen (secondary N) is 1. The van der Waals surface area contributed by atoms with Crippen LogP contribution >= 0.6 is 11.6 Å². The predicted molar refractivity (Wildman–Crippen MR) is 93.6 cm³/mol. The highest BCUT2D eigenvalue weighted by Crippen LogP contribution is 2.29. The number of hydrogen-bond donors (Lipinski definition) is 1. The van der Waals surface area contributed by atoms with Crippen molar-refractivity contribution in [3.63, 3.8) is 0 Å². The molecular weight excluding hydrogens is 326 g/mol. The number of amides is 1. The number of aromatic nitrogens is 2. The number of methoxy groups -OCH3 is 1. The zero-order valence-electron chi connectivity index (χ0n) is 13.1. The molecule has 0 saturated carbocycles. The van der Waals surface area contributed by atoms with Gasteiger partial charge in [0.1, 0.15) is 5.75 Å². The number of carbonyl (C=O) groups is 1. The second kappa shape index (κ2) is 7.27. The average Bonchev–Trinajstić information content (AvgIpc) is 2.62. The SMILES string of the molecule is COc1cc2nccc(Cl)c2cc1C(=O)NCCc1ccccn1. The second-order valence-electron chi connectivity index (χ2n) is 5.19. The number of fused-ring (bicyclic) bond motifs is 1. The number of pyridine rings is 2. The number of nitrogens with zero attached hydrogens (tertiary/aromatic N) is 2. The first-order valence-electron chi connectivity index (χ1n) is 7.49. The van der Waals surface area contributed by atoms with Crippen LogP contribution in [0.4, 0.5) is 0 Å². The number of carbonyl (C=O) groups excluding carboxylic acids is 1. The molecule has 1 aromatic carbocycles. The number of hydrogen-bond acceptors (Lipinski definition) is 4. The monoisotopic (exact) mass is 341 g/mol. The van der Waals surface area contributed by atoms with Gasteiger partial charge in [-0.1, -0.05) is 17.7 Å². The van der Waals surface area contributed by atoms with E-state index in [1.165, 1.54) is 7.11 Å². The predicted octanol–water partition coefficient (Wildman–Crippen LogP) is 3.26. The van der Waals surface area contributed by atoms with E-state index in [4.69, 9.17) is 16.3 Å². The van der Waals surface area contributed by atoms with Gasteiger partial charge >= 0.3 is 0 Å². The summed E-state index contributed by atoms with van der Waals surface area (Å²) in [5.74, 6) is 0.247. The van der Waals surface area contributed by atoms with E-state index in [2.05, 4.69) is 15.3 Å². The molecule has 3 aromatic rings. The number of rotatable bonds is 5. The summed E-state index contributed by atoms with van der Waals surface area (Å²) < 4.78 is 5.32. The van der Waals surface area contributed by atoms with E-state index in [-0.39, 0.29) is 5.91 Å². The fourth-order valence-corrected chi connectivity index (χ4v) is 2.64. The number of ether oxygens (including phenoxy) is 1. The molecule has 0 aliphatic carbocycles. The summed E-state index contributed by atoms with van der Waals surface area (Å²) in [5, 5.41) is 4.15. The topological polar surface area (TPSA) is 64.1 Å². The third kappa shape index (κ3) is 3.46. The van der Waals surface area contributed by atoms with Crippen molar-refractivity contribution in [3.8, 4) is 5.75 Å². The zero-order chi connectivity index (χ0) is 16.9. The Hall–Kier alpha value is -2.66. The highest BCUT2D eigenvalue weighted by molar-refractivity contribution is 6.35. The van der Waals surface area contributed by atoms with Gasteiger partial charge in [0.05, 0.1) is 23.2 Å². The molecule has 1 N–H and O–H groups in total. The summed E-state index contributed by atoms with van der Waals surface area (Å²) in [4.78, 5) is 21.0. The molecule has 0 aliphatic rings. The van der Waals surface area contributed by atoms with Crippen LogP contribution in [0, 0.1) is 0 Å². The standard InChI is InChI=1S/C18H16ClN3O2/c1-24-17-11-16-13(15(19)6-9-21-16)10-14(17)18(23)22-8-5-12-4-2-3-7-20-12/h2-4,6-7,9-11H,5,8H2,1H3,(H,22,23). The van der Waals surface area contributed by atoms with Gasteiger partial charge in [0.2, 0.25) is 0 Å². The molecule has 0 radical (unpaired) electrons. The minimum atomic E-state index is -0.218. The minimum Gasteiger partial charge on any atom is -0.496 e. The molecule has 0 unspecified atom stereocenters. The molecule has 2 heterocycles. The summed E-state index contributed by atoms with van der Waals surface area (Å²) in [6.07, 6.45) is 4.01. The molecule has 5 nitrogen and oxygen atoms in total. The van der Waals surface area contributed by atoms with Crippen molar-refractivity contribution in [2.45, 2.75) is 6.42 Å². The molecule has 24 heavy (non-hydrogen) atoms. The third-order valence-electron chi connectivity index (χ3n) is 3.65. The van der Waals surface area contributed by atoms with Crippen LogP contribution in [-0.2, 0) is 6.42 Å². The van der Waals surface area contributed by atoms with E-state index < -0.39 is 0 Å². The third-order valence-corrected chi connectivity index (χ3v) is 3.98. The highest BCUT2D eigenvalue weighted by Gasteiger charge is 2.15. The second-order valence-corrected chi connectivity index (χ2v) is 5.60. The normalized spacial score (nSPS) is 10.6. The van der Waals surface area contributed by atoms with E-state index in [9.17, 15) is 4.79 Å². The summed E-state index contributed by atoms with van der Waals surface area (Å²) in [6.45, 7) is 0.484. The molecule has 3 rings (SSSR count). The van der Waals surface area contributed by atoms with Crippen molar-refractivity contribution >= 4 is 28.4 Å². The molecule has 6 heteroatoms. The van der Waals surface area contributed by atoms with Gasteiger partial charge in [0.15, 0.2) is 0 Å². The van der Waals surface area contributed by atoms with E-state index in [1.807, 2.05) is 18.2 Å². The first-order chi connectivity index (χ1) is 11.7. The van der Waals surface area contributed by atoms with Crippen molar-refractivity contribution in [1.82, 2.24) is 15.3 Å². The summed E-state index contributed by atoms with van der Waals surface area (Å²) in [7, 11) is 1.52. The van der Waals surface area contributed by atoms with Crippen molar-refractivity contribution in [2.24, 2.45) is 0 Å². The lowest BCUT2D eigenvalue weighted by Crippen LogP contribution is -2.26. The fourth-order valence-electron chi connectivity index (χ4n) is 2.43. The number of benzene rings is 1. The maximum atomic E-state index is 12.5. The van der Waals surface area contributed by atoms with Crippen LogP contribution in [-0.4, -0.2) is 29.5 Å². The molecule has 1 amide bonds. The Balaban J connectivity index is 1.79. The highest BCUT2D eigenvalue weighted by atomic mass is 35.5. The fraction of sp³-hybridized carbons (Fsp3) is 0.167. The minimum absolute atomic E-state index is 0.218. The molecule has 0 fully saturated rings. The molecule has 122 valence electrons. The summed E-state index contributed by atoms with van der Waals surface area (Å²) in [5.41, 5.74) is 2.04. The first kappa shape index (κ1) is 16.2. The Bertz CT molecular complexity index is 869. The van der Waals surface area contributed by atoms with Crippen LogP contribution in [0.25, 0.3) is 10.9 Å². The summed E-state index contributed by atoms with van der Waals surface area (Å²) >= 11 is 6.19.